The van der Waals surface area contributed by atoms with Crippen molar-refractivity contribution >= 4 is 11.9 Å². The third-order valence-electron chi connectivity index (χ3n) is 2.31. The molecule has 0 saturated heterocycles. The second-order valence-electron chi connectivity index (χ2n) is 3.44. The van der Waals surface area contributed by atoms with Crippen LogP contribution in [0.25, 0.3) is 0 Å². The molecule has 7 heteroatoms. The Hall–Kier alpha value is -2.44. The Labute approximate surface area is 95.5 Å². The van der Waals surface area contributed by atoms with Crippen LogP contribution in [0.1, 0.15) is 6.92 Å². The standard InChI is InChI=1S/C10H9NO6/c1-5-2-3-6(9(12)13)7(4-11(16)17)8(5)10(14)15/h2-4,8H,1H3,(H,12,13)(H,14,15). The zero-order valence-corrected chi connectivity index (χ0v) is 8.78. The Morgan fingerprint density at radius 1 is 1.41 bits per heavy atom. The van der Waals surface area contributed by atoms with E-state index in [1.807, 2.05) is 0 Å². The predicted molar refractivity (Wildman–Crippen MR) is 55.7 cm³/mol. The zero-order chi connectivity index (χ0) is 13.2. The highest BCUT2D eigenvalue weighted by atomic mass is 16.6. The van der Waals surface area contributed by atoms with Gasteiger partial charge in [0, 0.05) is 0 Å². The Bertz CT molecular complexity index is 485. The molecule has 0 aromatic rings. The van der Waals surface area contributed by atoms with Crippen LogP contribution in [-0.2, 0) is 9.59 Å². The lowest BCUT2D eigenvalue weighted by atomic mass is 9.83. The molecule has 0 radical (unpaired) electrons. The number of nitrogens with zero attached hydrogens (tertiary/aromatic N) is 1. The highest BCUT2D eigenvalue weighted by Crippen LogP contribution is 2.31. The molecule has 0 aromatic carbocycles. The molecule has 17 heavy (non-hydrogen) atoms. The molecule has 0 spiro atoms. The number of carbonyl (C=O) groups is 2. The third-order valence-corrected chi connectivity index (χ3v) is 2.31. The molecular formula is C10H9NO6. The van der Waals surface area contributed by atoms with Crippen LogP contribution in [0, 0.1) is 16.0 Å². The lowest BCUT2D eigenvalue weighted by molar-refractivity contribution is -0.403. The fourth-order valence-corrected chi connectivity index (χ4v) is 1.59. The lowest BCUT2D eigenvalue weighted by Crippen LogP contribution is -2.24. The first-order valence-electron chi connectivity index (χ1n) is 4.54. The molecule has 1 unspecified atom stereocenters. The first-order chi connectivity index (χ1) is 7.84. The third kappa shape index (κ3) is 2.57. The molecule has 90 valence electrons. The van der Waals surface area contributed by atoms with Gasteiger partial charge in [-0.2, -0.15) is 0 Å². The van der Waals surface area contributed by atoms with Gasteiger partial charge in [-0.15, -0.1) is 0 Å². The second-order valence-corrected chi connectivity index (χ2v) is 3.44. The summed E-state index contributed by atoms with van der Waals surface area (Å²) in [5.74, 6) is -4.01. The van der Waals surface area contributed by atoms with Crippen LogP contribution in [-0.4, -0.2) is 27.1 Å². The van der Waals surface area contributed by atoms with Gasteiger partial charge in [-0.3, -0.25) is 14.9 Å². The highest BCUT2D eigenvalue weighted by Gasteiger charge is 2.33. The summed E-state index contributed by atoms with van der Waals surface area (Å²) in [6, 6.07) is 0. The maximum Gasteiger partial charge on any atom is 0.336 e. The van der Waals surface area contributed by atoms with Gasteiger partial charge >= 0.3 is 11.9 Å². The Morgan fingerprint density at radius 3 is 2.41 bits per heavy atom. The van der Waals surface area contributed by atoms with Crippen molar-refractivity contribution in [3.8, 4) is 0 Å². The van der Waals surface area contributed by atoms with Crippen LogP contribution in [0.3, 0.4) is 0 Å². The van der Waals surface area contributed by atoms with Gasteiger partial charge in [0.2, 0.25) is 6.20 Å². The fraction of sp³-hybridized carbons (Fsp3) is 0.200. The summed E-state index contributed by atoms with van der Waals surface area (Å²) in [6.07, 6.45) is 2.92. The van der Waals surface area contributed by atoms with E-state index in [1.165, 1.54) is 13.0 Å². The summed E-state index contributed by atoms with van der Waals surface area (Å²) >= 11 is 0. The van der Waals surface area contributed by atoms with Crippen molar-refractivity contribution in [1.29, 1.82) is 0 Å². The molecule has 7 nitrogen and oxygen atoms in total. The Kier molecular flexibility index (Phi) is 3.42. The van der Waals surface area contributed by atoms with Gasteiger partial charge in [-0.05, 0) is 13.0 Å². The van der Waals surface area contributed by atoms with Crippen molar-refractivity contribution in [2.24, 2.45) is 5.92 Å². The summed E-state index contributed by atoms with van der Waals surface area (Å²) in [5.41, 5.74) is -0.356. The first-order valence-corrected chi connectivity index (χ1v) is 4.54. The molecule has 0 fully saturated rings. The average molecular weight is 239 g/mol. The number of hydrogen-bond acceptors (Lipinski definition) is 4. The van der Waals surface area contributed by atoms with E-state index in [0.717, 1.165) is 6.08 Å². The van der Waals surface area contributed by atoms with E-state index >= 15 is 0 Å². The number of hydrogen-bond donors (Lipinski definition) is 2. The van der Waals surface area contributed by atoms with Crippen LogP contribution in [0.5, 0.6) is 0 Å². The van der Waals surface area contributed by atoms with Gasteiger partial charge in [0.1, 0.15) is 5.92 Å². The van der Waals surface area contributed by atoms with E-state index in [4.69, 9.17) is 10.2 Å². The van der Waals surface area contributed by atoms with Gasteiger partial charge < -0.3 is 10.2 Å². The van der Waals surface area contributed by atoms with Crippen molar-refractivity contribution in [1.82, 2.24) is 0 Å². The van der Waals surface area contributed by atoms with E-state index in [-0.39, 0.29) is 11.1 Å². The molecular weight excluding hydrogens is 230 g/mol. The molecule has 1 aliphatic rings. The molecule has 0 aromatic heterocycles. The molecule has 1 rings (SSSR count). The molecule has 0 saturated carbocycles. The largest absolute Gasteiger partial charge is 0.481 e. The van der Waals surface area contributed by atoms with Crippen LogP contribution in [0.2, 0.25) is 0 Å². The highest BCUT2D eigenvalue weighted by molar-refractivity contribution is 5.96. The number of rotatable bonds is 3. The van der Waals surface area contributed by atoms with E-state index in [9.17, 15) is 19.7 Å². The summed E-state index contributed by atoms with van der Waals surface area (Å²) < 4.78 is 0. The lowest BCUT2D eigenvalue weighted by Gasteiger charge is -2.19. The summed E-state index contributed by atoms with van der Waals surface area (Å²) in [7, 11) is 0. The SMILES string of the molecule is CC1=CC=C(C(=O)O)C(=C[N+](=O)[O-])C1C(=O)O. The molecule has 1 aliphatic carbocycles. The number of nitro groups is 1. The number of carboxylic acid groups (broad SMARTS) is 2. The number of allylic oxidation sites excluding steroid dienone is 2. The molecule has 1 atom stereocenters. The topological polar surface area (TPSA) is 118 Å². The van der Waals surface area contributed by atoms with E-state index in [0.29, 0.717) is 11.8 Å². The molecule has 0 heterocycles. The van der Waals surface area contributed by atoms with Crippen LogP contribution >= 0.6 is 0 Å². The van der Waals surface area contributed by atoms with Gasteiger partial charge in [0.05, 0.1) is 16.1 Å². The van der Waals surface area contributed by atoms with E-state index in [2.05, 4.69) is 0 Å². The van der Waals surface area contributed by atoms with Crippen molar-refractivity contribution < 1.29 is 24.7 Å². The van der Waals surface area contributed by atoms with E-state index in [1.54, 1.807) is 0 Å². The summed E-state index contributed by atoms with van der Waals surface area (Å²) in [4.78, 5) is 31.4. The minimum Gasteiger partial charge on any atom is -0.481 e. The fourth-order valence-electron chi connectivity index (χ4n) is 1.59. The molecule has 0 aliphatic heterocycles. The Balaban J connectivity index is 3.38. The van der Waals surface area contributed by atoms with Crippen LogP contribution in [0.4, 0.5) is 0 Å². The normalized spacial score (nSPS) is 21.7. The molecule has 2 N–H and O–H groups in total. The predicted octanol–water partition coefficient (Wildman–Crippen LogP) is 0.819. The summed E-state index contributed by atoms with van der Waals surface area (Å²) in [5, 5.41) is 28.2. The van der Waals surface area contributed by atoms with Gasteiger partial charge in [-0.25, -0.2) is 4.79 Å². The maximum atomic E-state index is 11.0. The first kappa shape index (κ1) is 12.6. The second kappa shape index (κ2) is 4.60. The zero-order valence-electron chi connectivity index (χ0n) is 8.78. The number of aliphatic carboxylic acids is 2. The van der Waals surface area contributed by atoms with Gasteiger partial charge in [0.15, 0.2) is 0 Å². The van der Waals surface area contributed by atoms with Gasteiger partial charge in [0.25, 0.3) is 0 Å². The number of carboxylic acids is 2. The van der Waals surface area contributed by atoms with Crippen molar-refractivity contribution in [3.05, 3.63) is 45.2 Å². The van der Waals surface area contributed by atoms with Crippen LogP contribution in [0.15, 0.2) is 35.1 Å². The summed E-state index contributed by atoms with van der Waals surface area (Å²) in [6.45, 7) is 1.47. The quantitative estimate of drug-likeness (QED) is 0.556. The monoisotopic (exact) mass is 239 g/mol. The minimum absolute atomic E-state index is 0.324. The van der Waals surface area contributed by atoms with E-state index < -0.39 is 22.8 Å². The molecule has 0 amide bonds. The van der Waals surface area contributed by atoms with Crippen LogP contribution < -0.4 is 0 Å². The minimum atomic E-state index is -1.40. The smallest absolute Gasteiger partial charge is 0.336 e. The maximum absolute atomic E-state index is 11.0. The van der Waals surface area contributed by atoms with Gasteiger partial charge in [-0.1, -0.05) is 11.6 Å². The average Bonchev–Trinajstić information content (AvgIpc) is 2.15. The molecule has 0 bridgehead atoms. The van der Waals surface area contributed by atoms with Crippen molar-refractivity contribution in [2.45, 2.75) is 6.92 Å². The van der Waals surface area contributed by atoms with Crippen molar-refractivity contribution in [2.75, 3.05) is 0 Å². The Morgan fingerprint density at radius 2 is 2.00 bits per heavy atom. The van der Waals surface area contributed by atoms with Crippen molar-refractivity contribution in [3.63, 3.8) is 0 Å².